The summed E-state index contributed by atoms with van der Waals surface area (Å²) >= 11 is 9.68. The maximum Gasteiger partial charge on any atom is 0.0309 e. The molecule has 2 aliphatic carbocycles. The van der Waals surface area contributed by atoms with Crippen molar-refractivity contribution in [2.75, 3.05) is 0 Å². The van der Waals surface area contributed by atoms with E-state index in [1.807, 2.05) is 0 Å². The monoisotopic (exact) mass is 378 g/mol. The van der Waals surface area contributed by atoms with Crippen molar-refractivity contribution in [3.05, 3.63) is 34.3 Å². The molecule has 142 valence electrons. The summed E-state index contributed by atoms with van der Waals surface area (Å²) in [4.78, 5) is 1.17. The molecule has 0 spiro atoms. The van der Waals surface area contributed by atoms with Crippen LogP contribution in [0.5, 0.6) is 0 Å². The van der Waals surface area contributed by atoms with E-state index < -0.39 is 0 Å². The number of allylic oxidation sites excluding steroid dienone is 5. The molecule has 0 saturated heterocycles. The Morgan fingerprint density at radius 2 is 1.56 bits per heavy atom. The molecular formula is C23H38S2. The highest BCUT2D eigenvalue weighted by Gasteiger charge is 2.30. The molecule has 0 nitrogen and oxygen atoms in total. The highest BCUT2D eigenvalue weighted by atomic mass is 32.1. The summed E-state index contributed by atoms with van der Waals surface area (Å²) in [5.41, 5.74) is 3.06. The summed E-state index contributed by atoms with van der Waals surface area (Å²) < 4.78 is 0.00195. The molecule has 0 bridgehead atoms. The van der Waals surface area contributed by atoms with Crippen molar-refractivity contribution >= 4 is 25.3 Å². The van der Waals surface area contributed by atoms with E-state index in [4.69, 9.17) is 12.6 Å². The summed E-state index contributed by atoms with van der Waals surface area (Å²) in [7, 11) is 0. The van der Waals surface area contributed by atoms with Gasteiger partial charge in [0.15, 0.2) is 0 Å². The zero-order valence-electron chi connectivity index (χ0n) is 16.8. The normalized spacial score (nSPS) is 25.9. The van der Waals surface area contributed by atoms with Crippen molar-refractivity contribution in [3.8, 4) is 0 Å². The van der Waals surface area contributed by atoms with Gasteiger partial charge in [-0.1, -0.05) is 69.8 Å². The summed E-state index contributed by atoms with van der Waals surface area (Å²) in [5, 5.41) is 0. The maximum atomic E-state index is 5.11. The maximum absolute atomic E-state index is 5.11. The highest BCUT2D eigenvalue weighted by Crippen LogP contribution is 2.41. The van der Waals surface area contributed by atoms with E-state index in [1.165, 1.54) is 74.7 Å². The van der Waals surface area contributed by atoms with Gasteiger partial charge in [0.05, 0.1) is 0 Å². The lowest BCUT2D eigenvalue weighted by Gasteiger charge is -2.34. The van der Waals surface area contributed by atoms with Gasteiger partial charge in [-0.05, 0) is 62.3 Å². The summed E-state index contributed by atoms with van der Waals surface area (Å²) in [6.07, 6.45) is 20.5. The van der Waals surface area contributed by atoms with Crippen LogP contribution in [0.15, 0.2) is 34.3 Å². The molecule has 1 fully saturated rings. The molecule has 0 N–H and O–H groups in total. The van der Waals surface area contributed by atoms with Gasteiger partial charge in [0.2, 0.25) is 0 Å². The Bertz CT molecular complexity index is 522. The average molecular weight is 379 g/mol. The fourth-order valence-electron chi connectivity index (χ4n) is 4.28. The van der Waals surface area contributed by atoms with Gasteiger partial charge < -0.3 is 0 Å². The van der Waals surface area contributed by atoms with Crippen LogP contribution in [0.4, 0.5) is 0 Å². The van der Waals surface area contributed by atoms with Crippen LogP contribution in [0.3, 0.4) is 0 Å². The predicted octanol–water partition coefficient (Wildman–Crippen LogP) is 7.93. The molecule has 1 unspecified atom stereocenters. The fraction of sp³-hybridized carbons (Fsp3) is 0.739. The fourth-order valence-corrected chi connectivity index (χ4v) is 4.79. The van der Waals surface area contributed by atoms with Gasteiger partial charge in [-0.2, -0.15) is 12.6 Å². The van der Waals surface area contributed by atoms with E-state index in [0.29, 0.717) is 5.92 Å². The second-order valence-corrected chi connectivity index (χ2v) is 10.6. The first-order valence-electron chi connectivity index (χ1n) is 10.2. The van der Waals surface area contributed by atoms with E-state index in [-0.39, 0.29) is 10.2 Å². The van der Waals surface area contributed by atoms with Gasteiger partial charge in [-0.25, -0.2) is 0 Å². The number of rotatable bonds is 4. The lowest BCUT2D eigenvalue weighted by Crippen LogP contribution is -2.28. The molecule has 2 rings (SSSR count). The van der Waals surface area contributed by atoms with Crippen LogP contribution in [0.1, 0.15) is 91.9 Å². The van der Waals surface area contributed by atoms with Crippen LogP contribution >= 0.6 is 25.3 Å². The third-order valence-corrected chi connectivity index (χ3v) is 7.10. The molecule has 25 heavy (non-hydrogen) atoms. The number of hydrogen-bond donors (Lipinski definition) is 2. The Balaban J connectivity index is 2.13. The van der Waals surface area contributed by atoms with Crippen molar-refractivity contribution in [2.45, 2.75) is 96.7 Å². The minimum atomic E-state index is 0.00195. The van der Waals surface area contributed by atoms with Crippen molar-refractivity contribution in [2.24, 2.45) is 11.3 Å². The zero-order valence-corrected chi connectivity index (χ0v) is 18.6. The molecule has 0 aromatic carbocycles. The minimum absolute atomic E-state index is 0.00195. The number of hydrogen-bond acceptors (Lipinski definition) is 2. The van der Waals surface area contributed by atoms with Crippen LogP contribution in [0.2, 0.25) is 0 Å². The van der Waals surface area contributed by atoms with Gasteiger partial charge in [-0.3, -0.25) is 0 Å². The first kappa shape index (κ1) is 21.2. The third-order valence-electron chi connectivity index (χ3n) is 6.30. The van der Waals surface area contributed by atoms with E-state index >= 15 is 0 Å². The largest absolute Gasteiger partial charge is 0.168 e. The van der Waals surface area contributed by atoms with Crippen molar-refractivity contribution < 1.29 is 0 Å². The van der Waals surface area contributed by atoms with Gasteiger partial charge in [-0.15, -0.1) is 12.6 Å². The lowest BCUT2D eigenvalue weighted by molar-refractivity contribution is 0.341. The van der Waals surface area contributed by atoms with E-state index in [9.17, 15) is 0 Å². The average Bonchev–Trinajstić information content (AvgIpc) is 2.52. The lowest BCUT2D eigenvalue weighted by atomic mass is 9.75. The first-order chi connectivity index (χ1) is 11.7. The Morgan fingerprint density at radius 1 is 0.960 bits per heavy atom. The topological polar surface area (TPSA) is 0 Å². The molecule has 0 heterocycles. The SMILES string of the molecule is C/C(S)=C1\C=C(C(C)(C)/C=C/C(C)(S)C2CCCCCCC2)CCC1. The van der Waals surface area contributed by atoms with Gasteiger partial charge in [0.1, 0.15) is 0 Å². The molecule has 2 aliphatic rings. The Kier molecular flexibility index (Phi) is 7.83. The van der Waals surface area contributed by atoms with Gasteiger partial charge in [0.25, 0.3) is 0 Å². The van der Waals surface area contributed by atoms with Crippen LogP contribution in [0.25, 0.3) is 0 Å². The van der Waals surface area contributed by atoms with Gasteiger partial charge in [0, 0.05) is 10.2 Å². The number of thiol groups is 2. The molecule has 0 aromatic rings. The quantitative estimate of drug-likeness (QED) is 0.360. The molecule has 1 saturated carbocycles. The van der Waals surface area contributed by atoms with E-state index in [1.54, 1.807) is 5.57 Å². The van der Waals surface area contributed by atoms with E-state index in [2.05, 4.69) is 58.6 Å². The second-order valence-electron chi connectivity index (χ2n) is 8.96. The molecule has 0 amide bonds. The second kappa shape index (κ2) is 9.22. The Labute approximate surface area is 167 Å². The minimum Gasteiger partial charge on any atom is -0.168 e. The standard InChI is InChI=1S/C23H38S2/c1-18(24)19-11-10-14-21(17-19)22(2,3)15-16-23(4,25)20-12-8-6-5-7-9-13-20/h15-17,20,24-25H,5-14H2,1-4H3/b16-15+,19-18+. The molecule has 2 heteroatoms. The van der Waals surface area contributed by atoms with Gasteiger partial charge >= 0.3 is 0 Å². The Morgan fingerprint density at radius 3 is 2.16 bits per heavy atom. The van der Waals surface area contributed by atoms with Crippen LogP contribution < -0.4 is 0 Å². The molecule has 0 aliphatic heterocycles. The summed E-state index contributed by atoms with van der Waals surface area (Å²) in [5.74, 6) is 0.707. The first-order valence-corrected chi connectivity index (χ1v) is 11.1. The van der Waals surface area contributed by atoms with Crippen LogP contribution in [0, 0.1) is 11.3 Å². The van der Waals surface area contributed by atoms with E-state index in [0.717, 1.165) is 0 Å². The molecule has 1 atom stereocenters. The van der Waals surface area contributed by atoms with Crippen molar-refractivity contribution in [1.82, 2.24) is 0 Å². The summed E-state index contributed by atoms with van der Waals surface area (Å²) in [6.45, 7) is 9.15. The molecule has 0 aromatic heterocycles. The Hall–Kier alpha value is -0.0800. The van der Waals surface area contributed by atoms with Crippen molar-refractivity contribution in [1.29, 1.82) is 0 Å². The van der Waals surface area contributed by atoms with Crippen LogP contribution in [-0.4, -0.2) is 4.75 Å². The third kappa shape index (κ3) is 6.24. The zero-order chi connectivity index (χ0) is 18.5. The van der Waals surface area contributed by atoms with Crippen molar-refractivity contribution in [3.63, 3.8) is 0 Å². The van der Waals surface area contributed by atoms with Crippen LogP contribution in [-0.2, 0) is 0 Å². The summed E-state index contributed by atoms with van der Waals surface area (Å²) in [6, 6.07) is 0. The highest BCUT2D eigenvalue weighted by molar-refractivity contribution is 7.84. The molecule has 0 radical (unpaired) electrons. The molecular weight excluding hydrogens is 340 g/mol. The predicted molar refractivity (Wildman–Crippen MR) is 120 cm³/mol. The smallest absolute Gasteiger partial charge is 0.0309 e.